The first kappa shape index (κ1) is 14.1. The van der Waals surface area contributed by atoms with E-state index in [2.05, 4.69) is 4.72 Å². The van der Waals surface area contributed by atoms with E-state index in [1.165, 1.54) is 30.3 Å². The standard InChI is InChI=1S/C12H8Cl2FNO2S/c13-11-6-5-10(7-12(11)14)19(17,18)16-9-3-1-8(15)2-4-9/h1-7,16H. The maximum absolute atomic E-state index is 12.7. The molecule has 3 nitrogen and oxygen atoms in total. The zero-order valence-electron chi connectivity index (χ0n) is 9.40. The van der Waals surface area contributed by atoms with Crippen molar-refractivity contribution in [3.63, 3.8) is 0 Å². The smallest absolute Gasteiger partial charge is 0.261 e. The third kappa shape index (κ3) is 3.37. The summed E-state index contributed by atoms with van der Waals surface area (Å²) in [6.45, 7) is 0. The van der Waals surface area contributed by atoms with Crippen molar-refractivity contribution in [2.45, 2.75) is 4.90 Å². The molecular formula is C12H8Cl2FNO2S. The molecule has 0 fully saturated rings. The molecule has 0 heterocycles. The van der Waals surface area contributed by atoms with Crippen LogP contribution in [0.25, 0.3) is 0 Å². The summed E-state index contributed by atoms with van der Waals surface area (Å²) in [6.07, 6.45) is 0. The van der Waals surface area contributed by atoms with Crippen molar-refractivity contribution >= 4 is 38.9 Å². The van der Waals surface area contributed by atoms with Crippen molar-refractivity contribution in [3.05, 3.63) is 58.3 Å². The molecule has 19 heavy (non-hydrogen) atoms. The third-order valence-corrected chi connectivity index (χ3v) is 4.42. The Kier molecular flexibility index (Phi) is 3.99. The van der Waals surface area contributed by atoms with Crippen molar-refractivity contribution in [1.82, 2.24) is 0 Å². The van der Waals surface area contributed by atoms with Gasteiger partial charge in [0, 0.05) is 5.69 Å². The first-order valence-electron chi connectivity index (χ1n) is 5.12. The Bertz CT molecular complexity index is 702. The van der Waals surface area contributed by atoms with Gasteiger partial charge in [-0.3, -0.25) is 4.72 Å². The van der Waals surface area contributed by atoms with Crippen molar-refractivity contribution in [2.75, 3.05) is 4.72 Å². The lowest BCUT2D eigenvalue weighted by molar-refractivity contribution is 0.601. The number of hydrogen-bond donors (Lipinski definition) is 1. The van der Waals surface area contributed by atoms with Gasteiger partial charge in [-0.25, -0.2) is 12.8 Å². The van der Waals surface area contributed by atoms with Gasteiger partial charge in [-0.15, -0.1) is 0 Å². The molecule has 0 bridgehead atoms. The molecular weight excluding hydrogens is 312 g/mol. The second-order valence-corrected chi connectivity index (χ2v) is 6.19. The van der Waals surface area contributed by atoms with Gasteiger partial charge in [-0.2, -0.15) is 0 Å². The molecule has 0 aliphatic heterocycles. The maximum Gasteiger partial charge on any atom is 0.261 e. The second kappa shape index (κ2) is 5.36. The number of rotatable bonds is 3. The van der Waals surface area contributed by atoms with Crippen LogP contribution in [0.15, 0.2) is 47.4 Å². The molecule has 0 saturated carbocycles. The molecule has 0 aliphatic rings. The van der Waals surface area contributed by atoms with Crippen LogP contribution in [-0.2, 0) is 10.0 Å². The Balaban J connectivity index is 2.32. The fourth-order valence-electron chi connectivity index (χ4n) is 1.38. The topological polar surface area (TPSA) is 46.2 Å². The van der Waals surface area contributed by atoms with Crippen LogP contribution < -0.4 is 4.72 Å². The van der Waals surface area contributed by atoms with Crippen LogP contribution in [0.5, 0.6) is 0 Å². The minimum Gasteiger partial charge on any atom is -0.280 e. The molecule has 0 atom stereocenters. The van der Waals surface area contributed by atoms with Crippen LogP contribution in [-0.4, -0.2) is 8.42 Å². The number of hydrogen-bond acceptors (Lipinski definition) is 2. The molecule has 0 spiro atoms. The lowest BCUT2D eigenvalue weighted by Gasteiger charge is -2.08. The molecule has 0 radical (unpaired) electrons. The average molecular weight is 320 g/mol. The van der Waals surface area contributed by atoms with Crippen molar-refractivity contribution in [3.8, 4) is 0 Å². The lowest BCUT2D eigenvalue weighted by Crippen LogP contribution is -2.12. The molecule has 2 aromatic rings. The van der Waals surface area contributed by atoms with Gasteiger partial charge in [-0.05, 0) is 42.5 Å². The molecule has 1 N–H and O–H groups in total. The maximum atomic E-state index is 12.7. The zero-order valence-corrected chi connectivity index (χ0v) is 11.7. The second-order valence-electron chi connectivity index (χ2n) is 3.69. The average Bonchev–Trinajstić information content (AvgIpc) is 2.35. The predicted octanol–water partition coefficient (Wildman–Crippen LogP) is 3.93. The largest absolute Gasteiger partial charge is 0.280 e. The van der Waals surface area contributed by atoms with Crippen molar-refractivity contribution in [1.29, 1.82) is 0 Å². The molecule has 7 heteroatoms. The fourth-order valence-corrected chi connectivity index (χ4v) is 2.82. The van der Waals surface area contributed by atoms with Crippen molar-refractivity contribution in [2.24, 2.45) is 0 Å². The monoisotopic (exact) mass is 319 g/mol. The summed E-state index contributed by atoms with van der Waals surface area (Å²) in [6, 6.07) is 8.94. The highest BCUT2D eigenvalue weighted by Crippen LogP contribution is 2.26. The van der Waals surface area contributed by atoms with Crippen LogP contribution in [0.2, 0.25) is 10.0 Å². The SMILES string of the molecule is O=S(=O)(Nc1ccc(F)cc1)c1ccc(Cl)c(Cl)c1. The summed E-state index contributed by atoms with van der Waals surface area (Å²) in [7, 11) is -3.78. The predicted molar refractivity (Wildman–Crippen MR) is 73.7 cm³/mol. The van der Waals surface area contributed by atoms with E-state index in [1.807, 2.05) is 0 Å². The van der Waals surface area contributed by atoms with Gasteiger partial charge in [0.1, 0.15) is 5.82 Å². The van der Waals surface area contributed by atoms with Gasteiger partial charge in [0.15, 0.2) is 0 Å². The first-order chi connectivity index (χ1) is 8.88. The van der Waals surface area contributed by atoms with Gasteiger partial charge in [0.05, 0.1) is 14.9 Å². The van der Waals surface area contributed by atoms with Crippen LogP contribution in [0.3, 0.4) is 0 Å². The van der Waals surface area contributed by atoms with Gasteiger partial charge in [-0.1, -0.05) is 23.2 Å². The Labute approximate surface area is 120 Å². The number of nitrogens with one attached hydrogen (secondary N) is 1. The van der Waals surface area contributed by atoms with E-state index >= 15 is 0 Å². The molecule has 0 aromatic heterocycles. The Morgan fingerprint density at radius 3 is 2.16 bits per heavy atom. The first-order valence-corrected chi connectivity index (χ1v) is 7.36. The highest BCUT2D eigenvalue weighted by Gasteiger charge is 2.15. The minimum absolute atomic E-state index is 0.0220. The highest BCUT2D eigenvalue weighted by molar-refractivity contribution is 7.92. The van der Waals surface area contributed by atoms with E-state index in [9.17, 15) is 12.8 Å². The fraction of sp³-hybridized carbons (Fsp3) is 0. The molecule has 0 saturated heterocycles. The molecule has 2 aromatic carbocycles. The van der Waals surface area contributed by atoms with E-state index in [1.54, 1.807) is 0 Å². The van der Waals surface area contributed by atoms with Gasteiger partial charge in [0.25, 0.3) is 10.0 Å². The summed E-state index contributed by atoms with van der Waals surface area (Å²) in [5.41, 5.74) is 0.257. The van der Waals surface area contributed by atoms with Crippen molar-refractivity contribution < 1.29 is 12.8 Å². The summed E-state index contributed by atoms with van der Waals surface area (Å²) < 4.78 is 39.1. The van der Waals surface area contributed by atoms with E-state index in [4.69, 9.17) is 23.2 Å². The zero-order chi connectivity index (χ0) is 14.0. The number of sulfonamides is 1. The lowest BCUT2D eigenvalue weighted by atomic mass is 10.3. The summed E-state index contributed by atoms with van der Waals surface area (Å²) >= 11 is 11.5. The van der Waals surface area contributed by atoms with Crippen LogP contribution >= 0.6 is 23.2 Å². The molecule has 0 amide bonds. The third-order valence-electron chi connectivity index (χ3n) is 2.30. The van der Waals surface area contributed by atoms with E-state index in [0.29, 0.717) is 0 Å². The van der Waals surface area contributed by atoms with E-state index in [0.717, 1.165) is 12.1 Å². The Morgan fingerprint density at radius 2 is 1.58 bits per heavy atom. The van der Waals surface area contributed by atoms with Gasteiger partial charge >= 0.3 is 0 Å². The molecule has 2 rings (SSSR count). The molecule has 0 aliphatic carbocycles. The van der Waals surface area contributed by atoms with E-state index in [-0.39, 0.29) is 20.6 Å². The van der Waals surface area contributed by atoms with Crippen LogP contribution in [0, 0.1) is 5.82 Å². The molecule has 0 unspecified atom stereocenters. The number of anilines is 1. The van der Waals surface area contributed by atoms with Gasteiger partial charge in [0.2, 0.25) is 0 Å². The minimum atomic E-state index is -3.78. The summed E-state index contributed by atoms with van der Waals surface area (Å²) in [5.74, 6) is -0.447. The Hall–Kier alpha value is -1.30. The quantitative estimate of drug-likeness (QED) is 0.931. The Morgan fingerprint density at radius 1 is 0.947 bits per heavy atom. The number of benzene rings is 2. The van der Waals surface area contributed by atoms with Gasteiger partial charge < -0.3 is 0 Å². The number of halogens is 3. The molecule has 100 valence electrons. The highest BCUT2D eigenvalue weighted by atomic mass is 35.5. The normalized spacial score (nSPS) is 11.3. The summed E-state index contributed by atoms with van der Waals surface area (Å²) in [4.78, 5) is -0.0220. The van der Waals surface area contributed by atoms with Crippen LogP contribution in [0.4, 0.5) is 10.1 Å². The van der Waals surface area contributed by atoms with E-state index < -0.39 is 15.8 Å². The summed E-state index contributed by atoms with van der Waals surface area (Å²) in [5, 5.41) is 0.408. The van der Waals surface area contributed by atoms with Crippen LogP contribution in [0.1, 0.15) is 0 Å².